The molecule has 0 atom stereocenters. The second-order valence-electron chi connectivity index (χ2n) is 6.90. The molecule has 1 aliphatic rings. The van der Waals surface area contributed by atoms with Crippen molar-refractivity contribution in [1.82, 2.24) is 5.32 Å². The van der Waals surface area contributed by atoms with Gasteiger partial charge in [0.15, 0.2) is 0 Å². The molecule has 1 fully saturated rings. The number of carbonyl (C=O) groups is 1. The molecule has 2 rings (SSSR count). The Labute approximate surface area is 155 Å². The molecule has 1 aliphatic carbocycles. The maximum absolute atomic E-state index is 12.3. The fourth-order valence-corrected chi connectivity index (χ4v) is 4.89. The van der Waals surface area contributed by atoms with Gasteiger partial charge in [0.1, 0.15) is 0 Å². The maximum Gasteiger partial charge on any atom is 0.232 e. The first kappa shape index (κ1) is 20.0. The van der Waals surface area contributed by atoms with Crippen LogP contribution in [0.25, 0.3) is 0 Å². The van der Waals surface area contributed by atoms with Crippen LogP contribution in [0.1, 0.15) is 49.7 Å². The third kappa shape index (κ3) is 5.61. The van der Waals surface area contributed by atoms with Crippen LogP contribution < -0.4 is 9.62 Å². The van der Waals surface area contributed by atoms with E-state index in [9.17, 15) is 13.2 Å². The number of rotatable bonds is 6. The third-order valence-corrected chi connectivity index (χ3v) is 6.01. The summed E-state index contributed by atoms with van der Waals surface area (Å²) in [6.07, 6.45) is 6.76. The summed E-state index contributed by atoms with van der Waals surface area (Å²) in [5.74, 6) is -0.110. The van der Waals surface area contributed by atoms with E-state index in [1.54, 1.807) is 6.07 Å². The van der Waals surface area contributed by atoms with Gasteiger partial charge in [0.25, 0.3) is 0 Å². The Hall–Kier alpha value is -1.27. The molecule has 1 aromatic rings. The first-order valence-corrected chi connectivity index (χ1v) is 10.9. The lowest BCUT2D eigenvalue weighted by Gasteiger charge is -2.26. The molecule has 0 saturated heterocycles. The average Bonchev–Trinajstić information content (AvgIpc) is 2.49. The minimum absolute atomic E-state index is 0.0843. The molecule has 1 saturated carbocycles. The Kier molecular flexibility index (Phi) is 6.74. The van der Waals surface area contributed by atoms with Crippen LogP contribution >= 0.6 is 11.6 Å². The van der Waals surface area contributed by atoms with Gasteiger partial charge in [-0.15, -0.1) is 0 Å². The smallest absolute Gasteiger partial charge is 0.232 e. The standard InChI is InChI=1S/C18H27ClN2O3S/c1-13-11-14(2)18(16(19)12-13)21(25(3,23)24)10-9-17(22)20-15-7-5-4-6-8-15/h11-12,15H,4-10H2,1-3H3,(H,20,22). The maximum atomic E-state index is 12.3. The summed E-state index contributed by atoms with van der Waals surface area (Å²) in [5.41, 5.74) is 2.21. The number of aryl methyl sites for hydroxylation is 2. The van der Waals surface area contributed by atoms with Gasteiger partial charge in [-0.3, -0.25) is 9.10 Å². The highest BCUT2D eigenvalue weighted by molar-refractivity contribution is 7.92. The summed E-state index contributed by atoms with van der Waals surface area (Å²) in [6, 6.07) is 3.85. The van der Waals surface area contributed by atoms with Gasteiger partial charge in [0, 0.05) is 19.0 Å². The Balaban J connectivity index is 2.10. The molecule has 0 unspecified atom stereocenters. The van der Waals surface area contributed by atoms with E-state index in [1.165, 1.54) is 10.7 Å². The Morgan fingerprint density at radius 3 is 2.44 bits per heavy atom. The topological polar surface area (TPSA) is 66.5 Å². The fraction of sp³-hybridized carbons (Fsp3) is 0.611. The zero-order valence-electron chi connectivity index (χ0n) is 15.1. The van der Waals surface area contributed by atoms with E-state index < -0.39 is 10.0 Å². The van der Waals surface area contributed by atoms with Crippen molar-refractivity contribution >= 4 is 33.2 Å². The Bertz CT molecular complexity index is 705. The second kappa shape index (κ2) is 8.41. The number of anilines is 1. The summed E-state index contributed by atoms with van der Waals surface area (Å²) < 4.78 is 25.8. The van der Waals surface area contributed by atoms with Gasteiger partial charge in [-0.05, 0) is 43.9 Å². The van der Waals surface area contributed by atoms with Crippen LogP contribution in [0.3, 0.4) is 0 Å². The number of carbonyl (C=O) groups excluding carboxylic acids is 1. The van der Waals surface area contributed by atoms with Crippen LogP contribution in [0, 0.1) is 13.8 Å². The monoisotopic (exact) mass is 386 g/mol. The van der Waals surface area contributed by atoms with Crippen molar-refractivity contribution in [3.63, 3.8) is 0 Å². The van der Waals surface area contributed by atoms with Crippen molar-refractivity contribution in [3.8, 4) is 0 Å². The molecule has 7 heteroatoms. The van der Waals surface area contributed by atoms with Crippen LogP contribution in [0.5, 0.6) is 0 Å². The van der Waals surface area contributed by atoms with E-state index >= 15 is 0 Å². The molecule has 25 heavy (non-hydrogen) atoms. The molecule has 0 heterocycles. The summed E-state index contributed by atoms with van der Waals surface area (Å²) in [4.78, 5) is 12.2. The predicted molar refractivity (Wildman–Crippen MR) is 103 cm³/mol. The van der Waals surface area contributed by atoms with Crippen molar-refractivity contribution in [2.45, 2.75) is 58.4 Å². The van der Waals surface area contributed by atoms with Gasteiger partial charge in [0.2, 0.25) is 15.9 Å². The quantitative estimate of drug-likeness (QED) is 0.812. The summed E-state index contributed by atoms with van der Waals surface area (Å²) in [7, 11) is -3.54. The van der Waals surface area contributed by atoms with E-state index in [1.807, 2.05) is 19.9 Å². The molecule has 1 N–H and O–H groups in total. The Morgan fingerprint density at radius 2 is 1.88 bits per heavy atom. The van der Waals surface area contributed by atoms with Gasteiger partial charge in [-0.25, -0.2) is 8.42 Å². The largest absolute Gasteiger partial charge is 0.353 e. The number of hydrogen-bond donors (Lipinski definition) is 1. The molecule has 0 radical (unpaired) electrons. The first-order valence-electron chi connectivity index (χ1n) is 8.72. The third-order valence-electron chi connectivity index (χ3n) is 4.56. The molecule has 0 bridgehead atoms. The van der Waals surface area contributed by atoms with E-state index in [0.29, 0.717) is 10.7 Å². The average molecular weight is 387 g/mol. The molecule has 5 nitrogen and oxygen atoms in total. The molecule has 1 aromatic carbocycles. The molecule has 0 aliphatic heterocycles. The summed E-state index contributed by atoms with van der Waals surface area (Å²) in [6.45, 7) is 3.82. The van der Waals surface area contributed by atoms with Gasteiger partial charge < -0.3 is 5.32 Å². The SMILES string of the molecule is Cc1cc(C)c(N(CCC(=O)NC2CCCCC2)S(C)(=O)=O)c(Cl)c1. The number of amides is 1. The predicted octanol–water partition coefficient (Wildman–Crippen LogP) is 3.56. The first-order chi connectivity index (χ1) is 11.7. The highest BCUT2D eigenvalue weighted by Crippen LogP contribution is 2.32. The lowest BCUT2D eigenvalue weighted by molar-refractivity contribution is -0.121. The second-order valence-corrected chi connectivity index (χ2v) is 9.21. The molecule has 140 valence electrons. The van der Waals surface area contributed by atoms with Gasteiger partial charge >= 0.3 is 0 Å². The number of sulfonamides is 1. The minimum Gasteiger partial charge on any atom is -0.353 e. The van der Waals surface area contributed by atoms with Gasteiger partial charge in [-0.2, -0.15) is 0 Å². The molecule has 0 aromatic heterocycles. The van der Waals surface area contributed by atoms with Crippen LogP contribution in [0.15, 0.2) is 12.1 Å². The van der Waals surface area contributed by atoms with Crippen molar-refractivity contribution < 1.29 is 13.2 Å². The highest BCUT2D eigenvalue weighted by atomic mass is 35.5. The number of nitrogens with zero attached hydrogens (tertiary/aromatic N) is 1. The number of benzene rings is 1. The van der Waals surface area contributed by atoms with Crippen LogP contribution in [0.2, 0.25) is 5.02 Å². The molecule has 0 spiro atoms. The van der Waals surface area contributed by atoms with E-state index in [2.05, 4.69) is 5.32 Å². The lowest BCUT2D eigenvalue weighted by Crippen LogP contribution is -2.39. The van der Waals surface area contributed by atoms with Crippen LogP contribution in [0.4, 0.5) is 5.69 Å². The van der Waals surface area contributed by atoms with E-state index in [4.69, 9.17) is 11.6 Å². The van der Waals surface area contributed by atoms with Crippen LogP contribution in [-0.4, -0.2) is 33.2 Å². The lowest BCUT2D eigenvalue weighted by atomic mass is 9.95. The molecule has 1 amide bonds. The minimum atomic E-state index is -3.54. The number of halogens is 1. The van der Waals surface area contributed by atoms with Crippen molar-refractivity contribution in [1.29, 1.82) is 0 Å². The van der Waals surface area contributed by atoms with Gasteiger partial charge in [-0.1, -0.05) is 36.9 Å². The zero-order valence-corrected chi connectivity index (χ0v) is 16.7. The van der Waals surface area contributed by atoms with Crippen molar-refractivity contribution in [2.75, 3.05) is 17.1 Å². The number of nitrogens with one attached hydrogen (secondary N) is 1. The fourth-order valence-electron chi connectivity index (χ4n) is 3.42. The molecular weight excluding hydrogens is 360 g/mol. The summed E-state index contributed by atoms with van der Waals surface area (Å²) in [5, 5.41) is 3.41. The van der Waals surface area contributed by atoms with Crippen LogP contribution in [-0.2, 0) is 14.8 Å². The number of hydrogen-bond acceptors (Lipinski definition) is 3. The molecular formula is C18H27ClN2O3S. The van der Waals surface area contributed by atoms with E-state index in [0.717, 1.165) is 43.1 Å². The highest BCUT2D eigenvalue weighted by Gasteiger charge is 2.24. The van der Waals surface area contributed by atoms with E-state index in [-0.39, 0.29) is 24.9 Å². The zero-order chi connectivity index (χ0) is 18.6. The van der Waals surface area contributed by atoms with Crippen molar-refractivity contribution in [3.05, 3.63) is 28.3 Å². The Morgan fingerprint density at radius 1 is 1.24 bits per heavy atom. The van der Waals surface area contributed by atoms with Crippen molar-refractivity contribution in [2.24, 2.45) is 0 Å². The van der Waals surface area contributed by atoms with Gasteiger partial charge in [0.05, 0.1) is 17.0 Å². The normalized spacial score (nSPS) is 15.8. The summed E-state index contributed by atoms with van der Waals surface area (Å²) >= 11 is 6.30.